The quantitative estimate of drug-likeness (QED) is 0.870. The lowest BCUT2D eigenvalue weighted by Crippen LogP contribution is -2.39. The smallest absolute Gasteiger partial charge is 0.327 e. The summed E-state index contributed by atoms with van der Waals surface area (Å²) in [5.74, 6) is 0.536. The van der Waals surface area contributed by atoms with Crippen molar-refractivity contribution in [1.29, 1.82) is 0 Å². The van der Waals surface area contributed by atoms with Crippen molar-refractivity contribution in [3.05, 3.63) is 38.7 Å². The van der Waals surface area contributed by atoms with Gasteiger partial charge in [0.15, 0.2) is 0 Å². The number of hydrogen-bond donors (Lipinski definition) is 2. The maximum absolute atomic E-state index is 12.9. The van der Waals surface area contributed by atoms with Gasteiger partial charge in [0.05, 0.1) is 10.9 Å². The van der Waals surface area contributed by atoms with Crippen LogP contribution < -0.4 is 11.2 Å². The first-order chi connectivity index (χ1) is 11.6. The molecule has 0 radical (unpaired) electrons. The average Bonchev–Trinajstić information content (AvgIpc) is 3.24. The van der Waals surface area contributed by atoms with E-state index in [2.05, 4.69) is 15.0 Å². The molecule has 126 valence electrons. The van der Waals surface area contributed by atoms with Crippen LogP contribution in [0.25, 0.3) is 11.0 Å². The van der Waals surface area contributed by atoms with Crippen LogP contribution in [0.1, 0.15) is 48.9 Å². The standard InChI is InChI=1S/C17H20N4O3/c22-15-12-8-11(9-18-14(12)19-17(24)20-15)16(23)21-7-3-6-13(21)10-4-1-2-5-10/h8-10,13H,1-7H2,(H2,18,19,20,22,24)/t13-/m0/s1. The van der Waals surface area contributed by atoms with Crippen molar-refractivity contribution in [1.82, 2.24) is 19.9 Å². The van der Waals surface area contributed by atoms with Gasteiger partial charge < -0.3 is 4.90 Å². The lowest BCUT2D eigenvalue weighted by molar-refractivity contribution is 0.0689. The summed E-state index contributed by atoms with van der Waals surface area (Å²) in [5, 5.41) is 0.233. The molecule has 1 amide bonds. The van der Waals surface area contributed by atoms with Gasteiger partial charge in [-0.3, -0.25) is 19.6 Å². The van der Waals surface area contributed by atoms with Gasteiger partial charge in [-0.1, -0.05) is 12.8 Å². The fourth-order valence-electron chi connectivity index (χ4n) is 4.21. The Bertz CT molecular complexity index is 895. The molecule has 3 heterocycles. The molecule has 0 unspecified atom stereocenters. The summed E-state index contributed by atoms with van der Waals surface area (Å²) < 4.78 is 0. The Balaban J connectivity index is 1.67. The topological polar surface area (TPSA) is 98.9 Å². The number of aromatic amines is 2. The van der Waals surface area contributed by atoms with Gasteiger partial charge in [0.2, 0.25) is 0 Å². The number of carbonyl (C=O) groups is 1. The molecule has 2 aromatic heterocycles. The minimum Gasteiger partial charge on any atom is -0.335 e. The van der Waals surface area contributed by atoms with E-state index in [0.717, 1.165) is 19.4 Å². The number of likely N-dealkylation sites (tertiary alicyclic amines) is 1. The van der Waals surface area contributed by atoms with Crippen LogP contribution in [-0.2, 0) is 0 Å². The molecule has 0 spiro atoms. The van der Waals surface area contributed by atoms with Gasteiger partial charge in [0.25, 0.3) is 11.5 Å². The van der Waals surface area contributed by atoms with Gasteiger partial charge in [-0.15, -0.1) is 0 Å². The number of carbonyl (C=O) groups excluding carboxylic acids is 1. The molecule has 1 atom stereocenters. The first-order valence-electron chi connectivity index (χ1n) is 8.57. The molecule has 24 heavy (non-hydrogen) atoms. The van der Waals surface area contributed by atoms with Gasteiger partial charge in [0, 0.05) is 18.8 Å². The van der Waals surface area contributed by atoms with Crippen LogP contribution in [0.5, 0.6) is 0 Å². The minimum absolute atomic E-state index is 0.0654. The van der Waals surface area contributed by atoms with Crippen molar-refractivity contribution in [2.24, 2.45) is 5.92 Å². The van der Waals surface area contributed by atoms with Crippen molar-refractivity contribution < 1.29 is 4.79 Å². The van der Waals surface area contributed by atoms with Crippen LogP contribution in [0, 0.1) is 5.92 Å². The Morgan fingerprint density at radius 3 is 2.71 bits per heavy atom. The van der Waals surface area contributed by atoms with Crippen LogP contribution in [0.15, 0.2) is 21.9 Å². The number of H-pyrrole nitrogens is 2. The van der Waals surface area contributed by atoms with E-state index < -0.39 is 11.2 Å². The second-order valence-electron chi connectivity index (χ2n) is 6.78. The number of nitrogens with zero attached hydrogens (tertiary/aromatic N) is 2. The Morgan fingerprint density at radius 2 is 1.92 bits per heavy atom. The Hall–Kier alpha value is -2.44. The predicted molar refractivity (Wildman–Crippen MR) is 89.0 cm³/mol. The molecule has 0 aromatic carbocycles. The van der Waals surface area contributed by atoms with Crippen molar-refractivity contribution in [3.63, 3.8) is 0 Å². The van der Waals surface area contributed by atoms with Gasteiger partial charge in [-0.05, 0) is 37.7 Å². The van der Waals surface area contributed by atoms with E-state index in [0.29, 0.717) is 17.5 Å². The zero-order valence-electron chi connectivity index (χ0n) is 13.4. The third-order valence-electron chi connectivity index (χ3n) is 5.34. The van der Waals surface area contributed by atoms with Crippen LogP contribution >= 0.6 is 0 Å². The number of nitrogens with one attached hydrogen (secondary N) is 2. The summed E-state index contributed by atoms with van der Waals surface area (Å²) in [6.07, 6.45) is 8.45. The van der Waals surface area contributed by atoms with Gasteiger partial charge in [-0.2, -0.15) is 0 Å². The van der Waals surface area contributed by atoms with Crippen molar-refractivity contribution in [2.45, 2.75) is 44.6 Å². The molecule has 7 nitrogen and oxygen atoms in total. The highest BCUT2D eigenvalue weighted by Crippen LogP contribution is 2.36. The van der Waals surface area contributed by atoms with Crippen LogP contribution in [-0.4, -0.2) is 38.3 Å². The lowest BCUT2D eigenvalue weighted by Gasteiger charge is -2.29. The van der Waals surface area contributed by atoms with E-state index in [4.69, 9.17) is 0 Å². The summed E-state index contributed by atoms with van der Waals surface area (Å²) in [6.45, 7) is 0.764. The maximum Gasteiger partial charge on any atom is 0.327 e. The molecule has 1 saturated carbocycles. The SMILES string of the molecule is O=C(c1cnc2[nH]c(=O)[nH]c(=O)c2c1)N1CCC[C@H]1C1CCCC1. The Labute approximate surface area is 138 Å². The molecule has 2 fully saturated rings. The second-order valence-corrected chi connectivity index (χ2v) is 6.78. The number of hydrogen-bond acceptors (Lipinski definition) is 4. The molecule has 1 saturated heterocycles. The fraction of sp³-hybridized carbons (Fsp3) is 0.529. The predicted octanol–water partition coefficient (Wildman–Crippen LogP) is 1.41. The minimum atomic E-state index is -0.597. The molecular weight excluding hydrogens is 308 g/mol. The van der Waals surface area contributed by atoms with Crippen molar-refractivity contribution in [2.75, 3.05) is 6.54 Å². The van der Waals surface area contributed by atoms with Crippen LogP contribution in [0.2, 0.25) is 0 Å². The van der Waals surface area contributed by atoms with E-state index >= 15 is 0 Å². The number of fused-ring (bicyclic) bond motifs is 1. The number of amides is 1. The summed E-state index contributed by atoms with van der Waals surface area (Å²) in [4.78, 5) is 46.9. The maximum atomic E-state index is 12.9. The number of rotatable bonds is 2. The highest BCUT2D eigenvalue weighted by molar-refractivity contribution is 5.97. The average molecular weight is 328 g/mol. The lowest BCUT2D eigenvalue weighted by atomic mass is 9.95. The molecule has 0 bridgehead atoms. The first-order valence-corrected chi connectivity index (χ1v) is 8.57. The summed E-state index contributed by atoms with van der Waals surface area (Å²) in [7, 11) is 0. The zero-order chi connectivity index (χ0) is 16.7. The largest absolute Gasteiger partial charge is 0.335 e. The summed E-state index contributed by atoms with van der Waals surface area (Å²) in [6, 6.07) is 1.84. The van der Waals surface area contributed by atoms with Crippen LogP contribution in [0.3, 0.4) is 0 Å². The summed E-state index contributed by atoms with van der Waals surface area (Å²) >= 11 is 0. The molecule has 2 aromatic rings. The van der Waals surface area contributed by atoms with E-state index in [1.807, 2.05) is 4.90 Å². The van der Waals surface area contributed by atoms with Gasteiger partial charge in [0.1, 0.15) is 5.65 Å². The van der Waals surface area contributed by atoms with Crippen molar-refractivity contribution in [3.8, 4) is 0 Å². The third-order valence-corrected chi connectivity index (χ3v) is 5.34. The Kier molecular flexibility index (Phi) is 3.70. The zero-order valence-corrected chi connectivity index (χ0v) is 13.4. The number of pyridine rings is 1. The molecule has 1 aliphatic heterocycles. The third kappa shape index (κ3) is 2.53. The molecule has 7 heteroatoms. The van der Waals surface area contributed by atoms with E-state index in [1.54, 1.807) is 0 Å². The van der Waals surface area contributed by atoms with Crippen molar-refractivity contribution >= 4 is 16.9 Å². The van der Waals surface area contributed by atoms with Gasteiger partial charge in [-0.25, -0.2) is 9.78 Å². The highest BCUT2D eigenvalue weighted by atomic mass is 16.2. The monoisotopic (exact) mass is 328 g/mol. The van der Waals surface area contributed by atoms with E-state index in [-0.39, 0.29) is 16.9 Å². The summed E-state index contributed by atoms with van der Waals surface area (Å²) in [5.41, 5.74) is -0.511. The fourth-order valence-corrected chi connectivity index (χ4v) is 4.21. The molecule has 1 aliphatic carbocycles. The first kappa shape index (κ1) is 15.1. The molecular formula is C17H20N4O3. The second kappa shape index (κ2) is 5.89. The van der Waals surface area contributed by atoms with E-state index in [1.165, 1.54) is 37.9 Å². The molecule has 4 rings (SSSR count). The normalized spacial score (nSPS) is 21.7. The molecule has 2 aliphatic rings. The number of aromatic nitrogens is 3. The Morgan fingerprint density at radius 1 is 1.12 bits per heavy atom. The van der Waals surface area contributed by atoms with E-state index in [9.17, 15) is 14.4 Å². The van der Waals surface area contributed by atoms with Gasteiger partial charge >= 0.3 is 5.69 Å². The molecule has 2 N–H and O–H groups in total. The van der Waals surface area contributed by atoms with Crippen LogP contribution in [0.4, 0.5) is 0 Å². The highest BCUT2D eigenvalue weighted by Gasteiger charge is 2.36.